The Balaban J connectivity index is 2.18. The second kappa shape index (κ2) is 6.35. The highest BCUT2D eigenvalue weighted by Crippen LogP contribution is 2.18. The molecule has 1 heterocycles. The zero-order valence-corrected chi connectivity index (χ0v) is 12.4. The van der Waals surface area contributed by atoms with E-state index >= 15 is 0 Å². The maximum atomic E-state index is 12.2. The van der Waals surface area contributed by atoms with E-state index < -0.39 is 0 Å². The van der Waals surface area contributed by atoms with E-state index in [1.54, 1.807) is 6.92 Å². The number of hydrogen-bond acceptors (Lipinski definition) is 4. The molecule has 2 aromatic rings. The van der Waals surface area contributed by atoms with Crippen molar-refractivity contribution >= 4 is 22.8 Å². The summed E-state index contributed by atoms with van der Waals surface area (Å²) in [4.78, 5) is 27.6. The molecule has 0 unspecified atom stereocenters. The molecule has 21 heavy (non-hydrogen) atoms. The van der Waals surface area contributed by atoms with Crippen molar-refractivity contribution in [1.29, 1.82) is 0 Å². The Hall–Kier alpha value is -2.43. The van der Waals surface area contributed by atoms with E-state index in [4.69, 9.17) is 0 Å². The third-order valence-electron chi connectivity index (χ3n) is 3.25. The Morgan fingerprint density at radius 1 is 1.24 bits per heavy atom. The van der Waals surface area contributed by atoms with Crippen molar-refractivity contribution in [3.05, 3.63) is 41.1 Å². The third kappa shape index (κ3) is 3.56. The molecular formula is C16H18N2O3. The van der Waals surface area contributed by atoms with Crippen LogP contribution in [0.4, 0.5) is 0 Å². The summed E-state index contributed by atoms with van der Waals surface area (Å²) in [5.41, 5.74) is 3.18. The second-order valence-electron chi connectivity index (χ2n) is 4.90. The van der Waals surface area contributed by atoms with Crippen LogP contribution in [-0.4, -0.2) is 30.5 Å². The summed E-state index contributed by atoms with van der Waals surface area (Å²) >= 11 is 0. The van der Waals surface area contributed by atoms with Gasteiger partial charge in [0.05, 0.1) is 30.3 Å². The number of nitrogens with zero attached hydrogens (tertiary/aromatic N) is 1. The van der Waals surface area contributed by atoms with Gasteiger partial charge in [0.15, 0.2) is 0 Å². The van der Waals surface area contributed by atoms with Crippen molar-refractivity contribution in [2.45, 2.75) is 20.3 Å². The minimum absolute atomic E-state index is 0.154. The number of amides is 1. The van der Waals surface area contributed by atoms with Crippen molar-refractivity contribution in [3.63, 3.8) is 0 Å². The molecule has 2 rings (SSSR count). The monoisotopic (exact) mass is 286 g/mol. The van der Waals surface area contributed by atoms with Crippen molar-refractivity contribution in [3.8, 4) is 0 Å². The van der Waals surface area contributed by atoms with Gasteiger partial charge in [-0.3, -0.25) is 14.6 Å². The predicted octanol–water partition coefficient (Wildman–Crippen LogP) is 2.14. The van der Waals surface area contributed by atoms with Crippen LogP contribution in [0.2, 0.25) is 0 Å². The van der Waals surface area contributed by atoms with E-state index in [0.29, 0.717) is 11.3 Å². The van der Waals surface area contributed by atoms with Gasteiger partial charge in [-0.2, -0.15) is 0 Å². The van der Waals surface area contributed by atoms with Crippen molar-refractivity contribution in [2.75, 3.05) is 13.7 Å². The van der Waals surface area contributed by atoms with E-state index in [1.807, 2.05) is 31.2 Å². The summed E-state index contributed by atoms with van der Waals surface area (Å²) in [6, 6.07) is 7.76. The molecule has 0 atom stereocenters. The number of benzene rings is 1. The number of aryl methyl sites for hydroxylation is 2. The summed E-state index contributed by atoms with van der Waals surface area (Å²) in [5, 5.41) is 3.63. The molecule has 0 saturated carbocycles. The van der Waals surface area contributed by atoms with Gasteiger partial charge in [0, 0.05) is 11.9 Å². The Morgan fingerprint density at radius 3 is 2.71 bits per heavy atom. The Morgan fingerprint density at radius 2 is 2.00 bits per heavy atom. The van der Waals surface area contributed by atoms with Gasteiger partial charge in [-0.05, 0) is 32.0 Å². The molecule has 1 aromatic heterocycles. The molecule has 1 aromatic carbocycles. The first-order chi connectivity index (χ1) is 10.0. The highest BCUT2D eigenvalue weighted by Gasteiger charge is 2.12. The van der Waals surface area contributed by atoms with Crippen LogP contribution in [0, 0.1) is 13.8 Å². The maximum Gasteiger partial charge on any atom is 0.307 e. The molecule has 0 aliphatic carbocycles. The quantitative estimate of drug-likeness (QED) is 0.874. The van der Waals surface area contributed by atoms with Gasteiger partial charge in [-0.15, -0.1) is 0 Å². The molecule has 5 nitrogen and oxygen atoms in total. The molecule has 1 amide bonds. The van der Waals surface area contributed by atoms with Gasteiger partial charge in [-0.25, -0.2) is 0 Å². The first-order valence-corrected chi connectivity index (χ1v) is 6.74. The van der Waals surface area contributed by atoms with Crippen LogP contribution >= 0.6 is 0 Å². The first-order valence-electron chi connectivity index (χ1n) is 6.74. The van der Waals surface area contributed by atoms with Crippen molar-refractivity contribution in [2.24, 2.45) is 0 Å². The largest absolute Gasteiger partial charge is 0.469 e. The first kappa shape index (κ1) is 15.0. The highest BCUT2D eigenvalue weighted by atomic mass is 16.5. The van der Waals surface area contributed by atoms with Crippen LogP contribution in [0.15, 0.2) is 24.3 Å². The van der Waals surface area contributed by atoms with E-state index in [0.717, 1.165) is 16.5 Å². The van der Waals surface area contributed by atoms with Gasteiger partial charge in [-0.1, -0.05) is 11.6 Å². The molecule has 0 bridgehead atoms. The zero-order valence-electron chi connectivity index (χ0n) is 12.4. The van der Waals surface area contributed by atoms with Gasteiger partial charge in [0.25, 0.3) is 5.91 Å². The van der Waals surface area contributed by atoms with Crippen LogP contribution in [0.1, 0.15) is 28.0 Å². The van der Waals surface area contributed by atoms with Crippen LogP contribution in [-0.2, 0) is 9.53 Å². The van der Waals surface area contributed by atoms with E-state index in [1.165, 1.54) is 7.11 Å². The zero-order chi connectivity index (χ0) is 15.4. The van der Waals surface area contributed by atoms with Crippen LogP contribution in [0.5, 0.6) is 0 Å². The number of carbonyl (C=O) groups is 2. The number of esters is 1. The summed E-state index contributed by atoms with van der Waals surface area (Å²) in [6.07, 6.45) is 0.154. The fraction of sp³-hybridized carbons (Fsp3) is 0.312. The minimum Gasteiger partial charge on any atom is -0.469 e. The molecule has 0 fully saturated rings. The average Bonchev–Trinajstić information content (AvgIpc) is 2.46. The molecule has 110 valence electrons. The number of methoxy groups -OCH3 is 1. The van der Waals surface area contributed by atoms with Gasteiger partial charge in [0.2, 0.25) is 0 Å². The lowest BCUT2D eigenvalue weighted by Gasteiger charge is -2.09. The van der Waals surface area contributed by atoms with Gasteiger partial charge in [0.1, 0.15) is 0 Å². The minimum atomic E-state index is -0.348. The second-order valence-corrected chi connectivity index (χ2v) is 4.90. The standard InChI is InChI=1S/C16H18N2O3/c1-10-4-5-14-12(8-10)9-13(11(2)18-14)16(20)17-7-6-15(19)21-3/h4-5,8-9H,6-7H2,1-3H3,(H,17,20). The smallest absolute Gasteiger partial charge is 0.307 e. The number of ether oxygens (including phenoxy) is 1. The lowest BCUT2D eigenvalue weighted by Crippen LogP contribution is -2.27. The molecule has 0 aliphatic heterocycles. The van der Waals surface area contributed by atoms with Crippen molar-refractivity contribution in [1.82, 2.24) is 10.3 Å². The van der Waals surface area contributed by atoms with Gasteiger partial charge < -0.3 is 10.1 Å². The van der Waals surface area contributed by atoms with Crippen molar-refractivity contribution < 1.29 is 14.3 Å². The summed E-state index contributed by atoms with van der Waals surface area (Å²) in [7, 11) is 1.32. The van der Waals surface area contributed by atoms with E-state index in [2.05, 4.69) is 15.0 Å². The number of rotatable bonds is 4. The Kier molecular flexibility index (Phi) is 4.52. The van der Waals surface area contributed by atoms with Crippen LogP contribution < -0.4 is 5.32 Å². The summed E-state index contributed by atoms with van der Waals surface area (Å²) < 4.78 is 4.53. The maximum absolute atomic E-state index is 12.2. The number of nitrogens with one attached hydrogen (secondary N) is 1. The number of fused-ring (bicyclic) bond motifs is 1. The number of aromatic nitrogens is 1. The summed E-state index contributed by atoms with van der Waals surface area (Å²) in [6.45, 7) is 4.04. The molecule has 0 aliphatic rings. The fourth-order valence-corrected chi connectivity index (χ4v) is 2.10. The highest BCUT2D eigenvalue weighted by molar-refractivity contribution is 5.98. The molecule has 5 heteroatoms. The SMILES string of the molecule is COC(=O)CCNC(=O)c1cc2cc(C)ccc2nc1C. The third-order valence-corrected chi connectivity index (χ3v) is 3.25. The lowest BCUT2D eigenvalue weighted by atomic mass is 10.1. The fourth-order valence-electron chi connectivity index (χ4n) is 2.10. The summed E-state index contributed by atoms with van der Waals surface area (Å²) in [5.74, 6) is -0.577. The predicted molar refractivity (Wildman–Crippen MR) is 80.2 cm³/mol. The number of pyridine rings is 1. The Bertz CT molecular complexity index is 695. The van der Waals surface area contributed by atoms with Gasteiger partial charge >= 0.3 is 5.97 Å². The number of hydrogen-bond donors (Lipinski definition) is 1. The molecule has 0 radical (unpaired) electrons. The molecule has 0 saturated heterocycles. The van der Waals surface area contributed by atoms with E-state index in [-0.39, 0.29) is 24.8 Å². The Labute approximate surface area is 123 Å². The molecular weight excluding hydrogens is 268 g/mol. The molecule has 1 N–H and O–H groups in total. The molecule has 0 spiro atoms. The number of carbonyl (C=O) groups excluding carboxylic acids is 2. The normalized spacial score (nSPS) is 10.4. The van der Waals surface area contributed by atoms with Crippen LogP contribution in [0.3, 0.4) is 0 Å². The van der Waals surface area contributed by atoms with Crippen LogP contribution in [0.25, 0.3) is 10.9 Å². The lowest BCUT2D eigenvalue weighted by molar-refractivity contribution is -0.140. The van der Waals surface area contributed by atoms with E-state index in [9.17, 15) is 9.59 Å². The average molecular weight is 286 g/mol. The topological polar surface area (TPSA) is 68.3 Å².